The highest BCUT2D eigenvalue weighted by atomic mass is 16.6. The van der Waals surface area contributed by atoms with Gasteiger partial charge in [-0.05, 0) is 17.4 Å². The Hall–Kier alpha value is -2.04. The average molecular weight is 317 g/mol. The third-order valence-electron chi connectivity index (χ3n) is 5.15. The summed E-state index contributed by atoms with van der Waals surface area (Å²) in [4.78, 5) is 25.4. The zero-order chi connectivity index (χ0) is 16.2. The van der Waals surface area contributed by atoms with Gasteiger partial charge in [0.15, 0.2) is 0 Å². The number of nitrogens with zero attached hydrogens (tertiary/aromatic N) is 1. The molecular formula is C18H23NO4. The number of aliphatic carboxylic acids is 1. The molecule has 0 aromatic heterocycles. The van der Waals surface area contributed by atoms with E-state index in [0.717, 1.165) is 18.4 Å². The molecule has 2 fully saturated rings. The molecule has 1 saturated heterocycles. The summed E-state index contributed by atoms with van der Waals surface area (Å²) < 4.78 is 5.35. The summed E-state index contributed by atoms with van der Waals surface area (Å²) in [5.41, 5.74) is 0.933. The molecule has 0 spiro atoms. The number of carboxylic acids is 1. The molecule has 1 heterocycles. The number of amides is 1. The van der Waals surface area contributed by atoms with Gasteiger partial charge >= 0.3 is 12.1 Å². The summed E-state index contributed by atoms with van der Waals surface area (Å²) in [5, 5.41) is 9.47. The Labute approximate surface area is 136 Å². The Morgan fingerprint density at radius 1 is 1.13 bits per heavy atom. The van der Waals surface area contributed by atoms with Crippen LogP contribution in [0.25, 0.3) is 0 Å². The van der Waals surface area contributed by atoms with Crippen LogP contribution in [-0.2, 0) is 16.1 Å². The van der Waals surface area contributed by atoms with Crippen molar-refractivity contribution in [2.24, 2.45) is 17.8 Å². The number of carboxylic acid groups (broad SMARTS) is 1. The molecule has 0 radical (unpaired) electrons. The van der Waals surface area contributed by atoms with Crippen molar-refractivity contribution in [2.45, 2.75) is 32.3 Å². The lowest BCUT2D eigenvalue weighted by atomic mass is 9.83. The Bertz CT molecular complexity index is 553. The van der Waals surface area contributed by atoms with Crippen LogP contribution in [0.5, 0.6) is 0 Å². The molecule has 5 heteroatoms. The summed E-state index contributed by atoms with van der Waals surface area (Å²) in [6.45, 7) is 1.00. The molecule has 1 saturated carbocycles. The Kier molecular flexibility index (Phi) is 4.84. The molecule has 1 aromatic carbocycles. The van der Waals surface area contributed by atoms with Gasteiger partial charge in [-0.15, -0.1) is 0 Å². The number of likely N-dealkylation sites (tertiary alicyclic amines) is 1. The average Bonchev–Trinajstić information content (AvgIpc) is 3.22. The number of carbonyl (C=O) groups excluding carboxylic acids is 1. The topological polar surface area (TPSA) is 66.8 Å². The third-order valence-corrected chi connectivity index (χ3v) is 5.15. The third kappa shape index (κ3) is 3.66. The number of benzene rings is 1. The number of rotatable bonds is 4. The summed E-state index contributed by atoms with van der Waals surface area (Å²) in [6, 6.07) is 9.51. The second-order valence-corrected chi connectivity index (χ2v) is 6.60. The zero-order valence-corrected chi connectivity index (χ0v) is 13.2. The van der Waals surface area contributed by atoms with Crippen molar-refractivity contribution >= 4 is 12.1 Å². The van der Waals surface area contributed by atoms with Crippen LogP contribution in [0, 0.1) is 17.8 Å². The lowest BCUT2D eigenvalue weighted by molar-refractivity contribution is -0.143. The first-order valence-corrected chi connectivity index (χ1v) is 8.33. The fraction of sp³-hybridized carbons (Fsp3) is 0.556. The maximum absolute atomic E-state index is 12.3. The molecule has 1 aliphatic carbocycles. The van der Waals surface area contributed by atoms with Crippen LogP contribution in [0.3, 0.4) is 0 Å². The van der Waals surface area contributed by atoms with Crippen molar-refractivity contribution < 1.29 is 19.4 Å². The Balaban J connectivity index is 1.59. The molecule has 3 rings (SSSR count). The predicted octanol–water partition coefficient (Wildman–Crippen LogP) is 3.15. The van der Waals surface area contributed by atoms with Crippen LogP contribution in [-0.4, -0.2) is 35.2 Å². The van der Waals surface area contributed by atoms with Gasteiger partial charge in [-0.25, -0.2) is 4.79 Å². The molecular weight excluding hydrogens is 294 g/mol. The van der Waals surface area contributed by atoms with E-state index in [4.69, 9.17) is 4.74 Å². The van der Waals surface area contributed by atoms with Gasteiger partial charge in [0.05, 0.1) is 5.92 Å². The van der Waals surface area contributed by atoms with Gasteiger partial charge in [-0.3, -0.25) is 4.79 Å². The van der Waals surface area contributed by atoms with Crippen LogP contribution in [0.4, 0.5) is 4.79 Å². The molecule has 2 aliphatic rings. The molecule has 0 unspecified atom stereocenters. The molecule has 2 atom stereocenters. The first kappa shape index (κ1) is 15.8. The van der Waals surface area contributed by atoms with E-state index in [1.807, 2.05) is 30.3 Å². The van der Waals surface area contributed by atoms with Crippen LogP contribution >= 0.6 is 0 Å². The Morgan fingerprint density at radius 3 is 2.48 bits per heavy atom. The molecule has 23 heavy (non-hydrogen) atoms. The minimum Gasteiger partial charge on any atom is -0.481 e. The minimum atomic E-state index is -0.791. The zero-order valence-electron chi connectivity index (χ0n) is 13.2. The number of carbonyl (C=O) groups is 2. The summed E-state index contributed by atoms with van der Waals surface area (Å²) in [7, 11) is 0. The highest BCUT2D eigenvalue weighted by Gasteiger charge is 2.44. The molecule has 0 bridgehead atoms. The van der Waals surface area contributed by atoms with E-state index in [-0.39, 0.29) is 19.1 Å². The normalized spacial score (nSPS) is 24.8. The first-order chi connectivity index (χ1) is 11.1. The van der Waals surface area contributed by atoms with E-state index in [1.54, 1.807) is 4.90 Å². The van der Waals surface area contributed by atoms with E-state index in [9.17, 15) is 14.7 Å². The van der Waals surface area contributed by atoms with Gasteiger partial charge < -0.3 is 14.7 Å². The molecule has 124 valence electrons. The lowest BCUT2D eigenvalue weighted by Crippen LogP contribution is -2.30. The van der Waals surface area contributed by atoms with Crippen molar-refractivity contribution in [3.05, 3.63) is 35.9 Å². The molecule has 1 N–H and O–H groups in total. The first-order valence-electron chi connectivity index (χ1n) is 8.33. The molecule has 1 amide bonds. The van der Waals surface area contributed by atoms with Crippen molar-refractivity contribution in [3.63, 3.8) is 0 Å². The second kappa shape index (κ2) is 7.02. The molecule has 1 aromatic rings. The molecule has 5 nitrogen and oxygen atoms in total. The number of ether oxygens (including phenoxy) is 1. The SMILES string of the molecule is O=C(O)[C@@H]1CN(C(=O)OCc2ccccc2)C[C@H]1C1CCCC1. The van der Waals surface area contributed by atoms with Crippen molar-refractivity contribution in [2.75, 3.05) is 13.1 Å². The smallest absolute Gasteiger partial charge is 0.410 e. The van der Waals surface area contributed by atoms with E-state index in [2.05, 4.69) is 0 Å². The van der Waals surface area contributed by atoms with Gasteiger partial charge in [0.2, 0.25) is 0 Å². The van der Waals surface area contributed by atoms with Crippen LogP contribution in [0.1, 0.15) is 31.2 Å². The summed E-state index contributed by atoms with van der Waals surface area (Å²) in [5.74, 6) is -0.745. The monoisotopic (exact) mass is 317 g/mol. The van der Waals surface area contributed by atoms with Gasteiger partial charge in [-0.2, -0.15) is 0 Å². The second-order valence-electron chi connectivity index (χ2n) is 6.60. The molecule has 1 aliphatic heterocycles. The van der Waals surface area contributed by atoms with Crippen LogP contribution in [0.2, 0.25) is 0 Å². The maximum Gasteiger partial charge on any atom is 0.410 e. The van der Waals surface area contributed by atoms with Crippen molar-refractivity contribution in [1.29, 1.82) is 0 Å². The van der Waals surface area contributed by atoms with E-state index >= 15 is 0 Å². The van der Waals surface area contributed by atoms with Gasteiger partial charge in [0.25, 0.3) is 0 Å². The number of hydrogen-bond acceptors (Lipinski definition) is 3. The van der Waals surface area contributed by atoms with Gasteiger partial charge in [-0.1, -0.05) is 56.0 Å². The van der Waals surface area contributed by atoms with E-state index in [1.165, 1.54) is 12.8 Å². The Morgan fingerprint density at radius 2 is 1.83 bits per heavy atom. The van der Waals surface area contributed by atoms with Gasteiger partial charge in [0, 0.05) is 13.1 Å². The van der Waals surface area contributed by atoms with Crippen molar-refractivity contribution in [3.8, 4) is 0 Å². The van der Waals surface area contributed by atoms with Crippen molar-refractivity contribution in [1.82, 2.24) is 4.90 Å². The fourth-order valence-corrected chi connectivity index (χ4v) is 3.91. The predicted molar refractivity (Wildman–Crippen MR) is 84.8 cm³/mol. The van der Waals surface area contributed by atoms with Gasteiger partial charge in [0.1, 0.15) is 6.61 Å². The van der Waals surface area contributed by atoms with E-state index < -0.39 is 18.0 Å². The largest absolute Gasteiger partial charge is 0.481 e. The van der Waals surface area contributed by atoms with E-state index in [0.29, 0.717) is 12.5 Å². The highest BCUT2D eigenvalue weighted by Crippen LogP contribution is 2.39. The highest BCUT2D eigenvalue weighted by molar-refractivity contribution is 5.74. The lowest BCUT2D eigenvalue weighted by Gasteiger charge is -2.21. The van der Waals surface area contributed by atoms with Crippen LogP contribution in [0.15, 0.2) is 30.3 Å². The maximum atomic E-state index is 12.3. The van der Waals surface area contributed by atoms with Crippen LogP contribution < -0.4 is 0 Å². The quantitative estimate of drug-likeness (QED) is 0.926. The summed E-state index contributed by atoms with van der Waals surface area (Å²) in [6.07, 6.45) is 4.11. The summed E-state index contributed by atoms with van der Waals surface area (Å²) >= 11 is 0. The standard InChI is InChI=1S/C18H23NO4/c20-17(21)16-11-19(10-15(16)14-8-4-5-9-14)18(22)23-12-13-6-2-1-3-7-13/h1-3,6-7,14-16H,4-5,8-12H2,(H,20,21)/t15-,16+/m0/s1. The minimum absolute atomic E-state index is 0.0688. The number of hydrogen-bond donors (Lipinski definition) is 1. The fourth-order valence-electron chi connectivity index (χ4n) is 3.91.